The average Bonchev–Trinajstić information content (AvgIpc) is 2.21. The number of nitrogens with zero attached hydrogens (tertiary/aromatic N) is 1. The number of hydrogen-bond acceptors (Lipinski definition) is 2. The smallest absolute Gasteiger partial charge is 0.399 e. The molecule has 0 amide bonds. The molecule has 0 radical (unpaired) electrons. The standard InChI is InChI=1S/C11H9F3N2O/c1-16-5-9(11(12,13)14)8-4-6(15)2-3-7(8)10(16)17/h2-5H,15H2,1H3. The normalized spacial score (nSPS) is 12.0. The van der Waals surface area contributed by atoms with E-state index < -0.39 is 17.3 Å². The zero-order valence-corrected chi connectivity index (χ0v) is 8.88. The molecule has 0 aliphatic heterocycles. The molecule has 17 heavy (non-hydrogen) atoms. The van der Waals surface area contributed by atoms with E-state index in [-0.39, 0.29) is 16.5 Å². The van der Waals surface area contributed by atoms with E-state index in [9.17, 15) is 18.0 Å². The van der Waals surface area contributed by atoms with Crippen LogP contribution in [0.2, 0.25) is 0 Å². The Labute approximate surface area is 94.3 Å². The second-order valence-corrected chi connectivity index (χ2v) is 3.76. The van der Waals surface area contributed by atoms with Gasteiger partial charge >= 0.3 is 6.18 Å². The fourth-order valence-electron chi connectivity index (χ4n) is 1.71. The molecule has 0 atom stereocenters. The first-order valence-electron chi connectivity index (χ1n) is 4.77. The van der Waals surface area contributed by atoms with Gasteiger partial charge in [0, 0.05) is 29.7 Å². The van der Waals surface area contributed by atoms with E-state index >= 15 is 0 Å². The van der Waals surface area contributed by atoms with Crippen LogP contribution in [0.4, 0.5) is 18.9 Å². The summed E-state index contributed by atoms with van der Waals surface area (Å²) in [6, 6.07) is 3.88. The molecular formula is C11H9F3N2O. The Morgan fingerprint density at radius 2 is 1.88 bits per heavy atom. The molecule has 6 heteroatoms. The predicted octanol–water partition coefficient (Wildman–Crippen LogP) is 2.14. The van der Waals surface area contributed by atoms with E-state index in [0.29, 0.717) is 0 Å². The van der Waals surface area contributed by atoms with Crippen LogP contribution < -0.4 is 11.3 Å². The number of halogens is 3. The van der Waals surface area contributed by atoms with E-state index in [1.54, 1.807) is 0 Å². The van der Waals surface area contributed by atoms with Crippen LogP contribution in [-0.2, 0) is 13.2 Å². The Bertz CT molecular complexity index is 643. The zero-order valence-electron chi connectivity index (χ0n) is 8.88. The van der Waals surface area contributed by atoms with Crippen molar-refractivity contribution in [3.05, 3.63) is 40.3 Å². The molecule has 1 heterocycles. The third-order valence-corrected chi connectivity index (χ3v) is 2.51. The number of nitrogens with two attached hydrogens (primary N) is 1. The number of pyridine rings is 1. The van der Waals surface area contributed by atoms with Crippen LogP contribution in [0.15, 0.2) is 29.2 Å². The fourth-order valence-corrected chi connectivity index (χ4v) is 1.71. The van der Waals surface area contributed by atoms with E-state index in [2.05, 4.69) is 0 Å². The number of rotatable bonds is 0. The van der Waals surface area contributed by atoms with Crippen molar-refractivity contribution in [2.45, 2.75) is 6.18 Å². The van der Waals surface area contributed by atoms with Crippen LogP contribution >= 0.6 is 0 Å². The van der Waals surface area contributed by atoms with Gasteiger partial charge < -0.3 is 10.3 Å². The molecule has 1 aromatic carbocycles. The highest BCUT2D eigenvalue weighted by atomic mass is 19.4. The minimum atomic E-state index is -4.52. The number of nitrogen functional groups attached to an aromatic ring is 1. The molecule has 1 aromatic heterocycles. The Kier molecular flexibility index (Phi) is 2.38. The summed E-state index contributed by atoms with van der Waals surface area (Å²) in [5.74, 6) is 0. The summed E-state index contributed by atoms with van der Waals surface area (Å²) in [6.45, 7) is 0. The highest BCUT2D eigenvalue weighted by Crippen LogP contribution is 2.34. The van der Waals surface area contributed by atoms with E-state index in [1.807, 2.05) is 0 Å². The topological polar surface area (TPSA) is 48.0 Å². The van der Waals surface area contributed by atoms with Crippen molar-refractivity contribution >= 4 is 16.5 Å². The maximum atomic E-state index is 12.8. The maximum absolute atomic E-state index is 12.8. The summed E-state index contributed by atoms with van der Waals surface area (Å²) in [7, 11) is 1.29. The zero-order chi connectivity index (χ0) is 12.8. The second kappa shape index (κ2) is 3.51. The number of fused-ring (bicyclic) bond motifs is 1. The number of aryl methyl sites for hydroxylation is 1. The first kappa shape index (κ1) is 11.5. The minimum Gasteiger partial charge on any atom is -0.399 e. The summed E-state index contributed by atoms with van der Waals surface area (Å²) in [5.41, 5.74) is 4.30. The Balaban J connectivity index is 2.99. The molecule has 0 aliphatic rings. The summed E-state index contributed by atoms with van der Waals surface area (Å²) in [6.07, 6.45) is -3.73. The number of aromatic nitrogens is 1. The lowest BCUT2D eigenvalue weighted by Gasteiger charge is -2.12. The van der Waals surface area contributed by atoms with Crippen molar-refractivity contribution in [1.29, 1.82) is 0 Å². The van der Waals surface area contributed by atoms with Gasteiger partial charge in [-0.2, -0.15) is 13.2 Å². The van der Waals surface area contributed by atoms with Gasteiger partial charge in [-0.3, -0.25) is 4.79 Å². The summed E-state index contributed by atoms with van der Waals surface area (Å²) in [5, 5.41) is -0.155. The van der Waals surface area contributed by atoms with Gasteiger partial charge in [-0.05, 0) is 18.2 Å². The van der Waals surface area contributed by atoms with Gasteiger partial charge in [0.05, 0.1) is 5.56 Å². The van der Waals surface area contributed by atoms with E-state index in [4.69, 9.17) is 5.73 Å². The lowest BCUT2D eigenvalue weighted by Crippen LogP contribution is -2.20. The highest BCUT2D eigenvalue weighted by Gasteiger charge is 2.33. The number of alkyl halides is 3. The summed E-state index contributed by atoms with van der Waals surface area (Å²) < 4.78 is 39.3. The van der Waals surface area contributed by atoms with Crippen molar-refractivity contribution in [2.24, 2.45) is 7.05 Å². The Morgan fingerprint density at radius 1 is 1.24 bits per heavy atom. The van der Waals surface area contributed by atoms with E-state index in [0.717, 1.165) is 10.8 Å². The van der Waals surface area contributed by atoms with Crippen LogP contribution in [0.5, 0.6) is 0 Å². The van der Waals surface area contributed by atoms with Gasteiger partial charge in [0.2, 0.25) is 0 Å². The van der Waals surface area contributed by atoms with Crippen LogP contribution in [0, 0.1) is 0 Å². The lowest BCUT2D eigenvalue weighted by atomic mass is 10.1. The van der Waals surface area contributed by atoms with Gasteiger partial charge in [0.25, 0.3) is 5.56 Å². The van der Waals surface area contributed by atoms with Gasteiger partial charge in [-0.15, -0.1) is 0 Å². The van der Waals surface area contributed by atoms with Crippen molar-refractivity contribution in [1.82, 2.24) is 4.57 Å². The molecule has 0 saturated carbocycles. The molecule has 0 bridgehead atoms. The van der Waals surface area contributed by atoms with Gasteiger partial charge in [0.1, 0.15) is 0 Å². The minimum absolute atomic E-state index is 0.0107. The van der Waals surface area contributed by atoms with Crippen LogP contribution in [-0.4, -0.2) is 4.57 Å². The third kappa shape index (κ3) is 1.86. The molecule has 2 rings (SSSR count). The molecule has 0 saturated heterocycles. The molecule has 0 spiro atoms. The molecule has 0 unspecified atom stereocenters. The van der Waals surface area contributed by atoms with Gasteiger partial charge in [-0.25, -0.2) is 0 Å². The van der Waals surface area contributed by atoms with Crippen LogP contribution in [0.3, 0.4) is 0 Å². The molecule has 0 fully saturated rings. The number of hydrogen-bond donors (Lipinski definition) is 1. The maximum Gasteiger partial charge on any atom is 0.418 e. The van der Waals surface area contributed by atoms with Crippen LogP contribution in [0.25, 0.3) is 10.8 Å². The summed E-state index contributed by atoms with van der Waals surface area (Å²) >= 11 is 0. The average molecular weight is 242 g/mol. The van der Waals surface area contributed by atoms with E-state index in [1.165, 1.54) is 25.2 Å². The molecule has 2 aromatic rings. The molecule has 2 N–H and O–H groups in total. The summed E-state index contributed by atoms with van der Waals surface area (Å²) in [4.78, 5) is 11.7. The van der Waals surface area contributed by atoms with Crippen molar-refractivity contribution in [3.63, 3.8) is 0 Å². The molecular weight excluding hydrogens is 233 g/mol. The van der Waals surface area contributed by atoms with Crippen molar-refractivity contribution in [3.8, 4) is 0 Å². The fraction of sp³-hybridized carbons (Fsp3) is 0.182. The Morgan fingerprint density at radius 3 is 2.47 bits per heavy atom. The second-order valence-electron chi connectivity index (χ2n) is 3.76. The quantitative estimate of drug-likeness (QED) is 0.719. The van der Waals surface area contributed by atoms with Crippen molar-refractivity contribution in [2.75, 3.05) is 5.73 Å². The van der Waals surface area contributed by atoms with Crippen LogP contribution in [0.1, 0.15) is 5.56 Å². The van der Waals surface area contributed by atoms with Gasteiger partial charge in [0.15, 0.2) is 0 Å². The molecule has 3 nitrogen and oxygen atoms in total. The van der Waals surface area contributed by atoms with Crippen molar-refractivity contribution < 1.29 is 13.2 Å². The first-order chi connectivity index (χ1) is 7.80. The number of benzene rings is 1. The Hall–Kier alpha value is -1.98. The monoisotopic (exact) mass is 242 g/mol. The highest BCUT2D eigenvalue weighted by molar-refractivity contribution is 5.87. The lowest BCUT2D eigenvalue weighted by molar-refractivity contribution is -0.136. The first-order valence-corrected chi connectivity index (χ1v) is 4.77. The molecule has 0 aliphatic carbocycles. The number of anilines is 1. The SMILES string of the molecule is Cn1cc(C(F)(F)F)c2cc(N)ccc2c1=O. The predicted molar refractivity (Wildman–Crippen MR) is 58.6 cm³/mol. The third-order valence-electron chi connectivity index (χ3n) is 2.51. The largest absolute Gasteiger partial charge is 0.418 e. The van der Waals surface area contributed by atoms with Gasteiger partial charge in [-0.1, -0.05) is 0 Å². The molecule has 90 valence electrons.